The minimum Gasteiger partial charge on any atom is -0.360 e. The molecule has 1 atom stereocenters. The predicted octanol–water partition coefficient (Wildman–Crippen LogP) is 7.12. The minimum atomic E-state index is -5.19. The summed E-state index contributed by atoms with van der Waals surface area (Å²) in [7, 11) is -8.77. The van der Waals surface area contributed by atoms with Crippen molar-refractivity contribution in [1.29, 1.82) is 0 Å². The maximum Gasteiger partial charge on any atom is 0.475 e. The van der Waals surface area contributed by atoms with Crippen molar-refractivity contribution in [2.45, 2.75) is 10.4 Å². The van der Waals surface area contributed by atoms with Crippen LogP contribution in [0.3, 0.4) is 0 Å². The first-order chi connectivity index (χ1) is 17.5. The van der Waals surface area contributed by atoms with E-state index in [0.717, 1.165) is 50.2 Å². The molecule has 37 heavy (non-hydrogen) atoms. The van der Waals surface area contributed by atoms with E-state index in [2.05, 4.69) is 22.4 Å². The molecule has 0 saturated heterocycles. The van der Waals surface area contributed by atoms with Crippen molar-refractivity contribution in [1.82, 2.24) is 0 Å². The molecule has 1 N–H and O–H groups in total. The van der Waals surface area contributed by atoms with E-state index >= 15 is 0 Å². The SMILES string of the molecule is O=S(c1ccc2cc(-c3ccc4c5c(cccc35)-c3ccccc3-4)ccc2c1OS(=O)(=O)O)C(F)(F)F. The predicted molar refractivity (Wildman–Crippen MR) is 136 cm³/mol. The van der Waals surface area contributed by atoms with Crippen LogP contribution in [-0.4, -0.2) is 22.7 Å². The molecule has 0 amide bonds. The summed E-state index contributed by atoms with van der Waals surface area (Å²) < 4.78 is 88.1. The van der Waals surface area contributed by atoms with E-state index in [1.807, 2.05) is 36.4 Å². The van der Waals surface area contributed by atoms with Gasteiger partial charge in [0.05, 0.1) is 4.90 Å². The van der Waals surface area contributed by atoms with Crippen LogP contribution in [0.25, 0.3) is 54.9 Å². The molecule has 5 aromatic carbocycles. The number of rotatable bonds is 4. The zero-order valence-corrected chi connectivity index (χ0v) is 20.2. The number of hydrogen-bond acceptors (Lipinski definition) is 4. The molecule has 0 fully saturated rings. The van der Waals surface area contributed by atoms with Gasteiger partial charge in [0, 0.05) is 5.39 Å². The highest BCUT2D eigenvalue weighted by Gasteiger charge is 2.40. The van der Waals surface area contributed by atoms with Crippen LogP contribution in [0.2, 0.25) is 0 Å². The molecule has 186 valence electrons. The third-order valence-electron chi connectivity index (χ3n) is 6.39. The first-order valence-electron chi connectivity index (χ1n) is 10.9. The average Bonchev–Trinajstić information content (AvgIpc) is 3.18. The van der Waals surface area contributed by atoms with Gasteiger partial charge in [-0.2, -0.15) is 21.6 Å². The highest BCUT2D eigenvalue weighted by atomic mass is 32.3. The molecule has 1 unspecified atom stereocenters. The Kier molecular flexibility index (Phi) is 5.20. The maximum absolute atomic E-state index is 13.2. The highest BCUT2D eigenvalue weighted by molar-refractivity contribution is 7.86. The molecule has 10 heteroatoms. The van der Waals surface area contributed by atoms with E-state index in [-0.39, 0.29) is 5.39 Å². The Morgan fingerprint density at radius 2 is 1.38 bits per heavy atom. The molecular formula is C27H15F3O5S2. The summed E-state index contributed by atoms with van der Waals surface area (Å²) in [5.41, 5.74) is 0.924. The van der Waals surface area contributed by atoms with Crippen molar-refractivity contribution in [2.24, 2.45) is 0 Å². The quantitative estimate of drug-likeness (QED) is 0.241. The lowest BCUT2D eigenvalue weighted by atomic mass is 9.93. The molecule has 0 spiro atoms. The fourth-order valence-electron chi connectivity index (χ4n) is 4.97. The Labute approximate surface area is 211 Å². The van der Waals surface area contributed by atoms with Crippen LogP contribution >= 0.6 is 0 Å². The van der Waals surface area contributed by atoms with Gasteiger partial charge in [-0.25, -0.2) is 4.21 Å². The van der Waals surface area contributed by atoms with Crippen molar-refractivity contribution < 1.29 is 34.5 Å². The van der Waals surface area contributed by atoms with Gasteiger partial charge in [0.15, 0.2) is 16.5 Å². The summed E-state index contributed by atoms with van der Waals surface area (Å²) in [6.07, 6.45) is 0. The lowest BCUT2D eigenvalue weighted by molar-refractivity contribution is -0.0385. The normalized spacial score (nSPS) is 13.6. The van der Waals surface area contributed by atoms with Gasteiger partial charge in [-0.1, -0.05) is 66.7 Å². The highest BCUT2D eigenvalue weighted by Crippen LogP contribution is 2.49. The summed E-state index contributed by atoms with van der Waals surface area (Å²) in [4.78, 5) is -0.909. The van der Waals surface area contributed by atoms with Crippen molar-refractivity contribution in [3.05, 3.63) is 84.9 Å². The van der Waals surface area contributed by atoms with Gasteiger partial charge in [-0.3, -0.25) is 4.55 Å². The van der Waals surface area contributed by atoms with Gasteiger partial charge in [0.25, 0.3) is 0 Å². The summed E-state index contributed by atoms with van der Waals surface area (Å²) >= 11 is 0. The van der Waals surface area contributed by atoms with Crippen molar-refractivity contribution in [2.75, 3.05) is 0 Å². The van der Waals surface area contributed by atoms with E-state index in [0.29, 0.717) is 5.39 Å². The smallest absolute Gasteiger partial charge is 0.360 e. The van der Waals surface area contributed by atoms with E-state index in [4.69, 9.17) is 0 Å². The summed E-state index contributed by atoms with van der Waals surface area (Å²) in [5.74, 6) is -0.835. The van der Waals surface area contributed by atoms with E-state index in [1.54, 1.807) is 12.1 Å². The average molecular weight is 541 g/mol. The van der Waals surface area contributed by atoms with E-state index < -0.39 is 37.4 Å². The molecule has 0 saturated carbocycles. The third-order valence-corrected chi connectivity index (χ3v) is 7.91. The Bertz CT molecular complexity index is 1870. The van der Waals surface area contributed by atoms with Crippen LogP contribution < -0.4 is 4.18 Å². The number of alkyl halides is 3. The number of hydrogen-bond donors (Lipinski definition) is 1. The Morgan fingerprint density at radius 1 is 0.730 bits per heavy atom. The van der Waals surface area contributed by atoms with Crippen molar-refractivity contribution in [3.8, 4) is 39.1 Å². The zero-order chi connectivity index (χ0) is 26.1. The molecule has 1 aliphatic carbocycles. The topological polar surface area (TPSA) is 80.7 Å². The van der Waals surface area contributed by atoms with Crippen LogP contribution in [0.5, 0.6) is 5.75 Å². The number of fused-ring (bicyclic) bond motifs is 4. The Morgan fingerprint density at radius 3 is 2.05 bits per heavy atom. The largest absolute Gasteiger partial charge is 0.475 e. The zero-order valence-electron chi connectivity index (χ0n) is 18.6. The molecule has 0 bridgehead atoms. The molecule has 5 nitrogen and oxygen atoms in total. The molecule has 0 aromatic heterocycles. The summed E-state index contributed by atoms with van der Waals surface area (Å²) in [6, 6.07) is 25.0. The minimum absolute atomic E-state index is 0.0465. The van der Waals surface area contributed by atoms with Crippen molar-refractivity contribution >= 4 is 42.7 Å². The third kappa shape index (κ3) is 3.88. The maximum atomic E-state index is 13.2. The van der Waals surface area contributed by atoms with Crippen LogP contribution in [-0.2, 0) is 21.2 Å². The molecule has 0 heterocycles. The lowest BCUT2D eigenvalue weighted by Crippen LogP contribution is -2.18. The van der Waals surface area contributed by atoms with Crippen LogP contribution in [0.15, 0.2) is 89.8 Å². The Hall–Kier alpha value is -3.73. The van der Waals surface area contributed by atoms with Crippen LogP contribution in [0.1, 0.15) is 0 Å². The molecular weight excluding hydrogens is 525 g/mol. The summed E-state index contributed by atoms with van der Waals surface area (Å²) in [6.45, 7) is 0. The van der Waals surface area contributed by atoms with Gasteiger partial charge >= 0.3 is 15.9 Å². The first kappa shape index (κ1) is 23.7. The van der Waals surface area contributed by atoms with E-state index in [1.165, 1.54) is 12.1 Å². The van der Waals surface area contributed by atoms with Crippen molar-refractivity contribution in [3.63, 3.8) is 0 Å². The monoisotopic (exact) mass is 540 g/mol. The number of halogens is 3. The van der Waals surface area contributed by atoms with Crippen LogP contribution in [0, 0.1) is 0 Å². The standard InChI is InChI=1S/C27H15F3O5S2/c28-27(29,30)36(31)24-13-9-16-14-15(8-10-18(16)26(24)35-37(32,33)34)17-11-12-23-20-5-2-1-4-19(20)22-7-3-6-21(17)25(22)23/h1-14H,(H,32,33,34). The van der Waals surface area contributed by atoms with E-state index in [9.17, 15) is 30.4 Å². The molecule has 1 aliphatic rings. The summed E-state index contributed by atoms with van der Waals surface area (Å²) in [5, 5.41) is 2.36. The fourth-order valence-corrected chi connectivity index (χ4v) is 6.17. The lowest BCUT2D eigenvalue weighted by Gasteiger charge is -2.15. The van der Waals surface area contributed by atoms with Gasteiger partial charge in [0.1, 0.15) is 0 Å². The molecule has 0 aliphatic heterocycles. The Balaban J connectivity index is 1.56. The fraction of sp³-hybridized carbons (Fsp3) is 0.0370. The van der Waals surface area contributed by atoms with Crippen LogP contribution in [0.4, 0.5) is 13.2 Å². The van der Waals surface area contributed by atoms with Gasteiger partial charge < -0.3 is 4.18 Å². The molecule has 0 radical (unpaired) electrons. The molecule has 6 rings (SSSR count). The van der Waals surface area contributed by atoms with Gasteiger partial charge in [-0.15, -0.1) is 0 Å². The second kappa shape index (κ2) is 8.14. The first-order valence-corrected chi connectivity index (χ1v) is 13.4. The second-order valence-corrected chi connectivity index (χ2v) is 11.0. The van der Waals surface area contributed by atoms with Gasteiger partial charge in [0.2, 0.25) is 0 Å². The molecule has 5 aromatic rings. The van der Waals surface area contributed by atoms with Gasteiger partial charge in [-0.05, 0) is 67.7 Å². The second-order valence-electron chi connectivity index (χ2n) is 8.49. The number of benzene rings is 5.